The molecule has 1 aliphatic rings. The Bertz CT molecular complexity index is 166. The van der Waals surface area contributed by atoms with Gasteiger partial charge in [-0.3, -0.25) is 4.79 Å². The third-order valence-corrected chi connectivity index (χ3v) is 2.55. The zero-order valence-electron chi connectivity index (χ0n) is 7.79. The van der Waals surface area contributed by atoms with Crippen molar-refractivity contribution >= 4 is 5.91 Å². The first-order chi connectivity index (χ1) is 5.74. The van der Waals surface area contributed by atoms with Gasteiger partial charge in [0.1, 0.15) is 0 Å². The quantitative estimate of drug-likeness (QED) is 0.668. The number of hydrogen-bond donors (Lipinski definition) is 1. The Kier molecular flexibility index (Phi) is 3.09. The predicted molar refractivity (Wildman–Crippen MR) is 46.6 cm³/mol. The SMILES string of the molecule is CCN(CC)C(=O)C1CC1CO. The normalized spacial score (nSPS) is 26.9. The maximum absolute atomic E-state index is 11.6. The van der Waals surface area contributed by atoms with Crippen LogP contribution < -0.4 is 0 Å². The van der Waals surface area contributed by atoms with Crippen LogP contribution in [-0.2, 0) is 4.79 Å². The van der Waals surface area contributed by atoms with Crippen molar-refractivity contribution in [2.24, 2.45) is 11.8 Å². The van der Waals surface area contributed by atoms with Gasteiger partial charge in [-0.2, -0.15) is 0 Å². The fraction of sp³-hybridized carbons (Fsp3) is 0.889. The minimum atomic E-state index is 0.120. The van der Waals surface area contributed by atoms with Gasteiger partial charge in [-0.25, -0.2) is 0 Å². The summed E-state index contributed by atoms with van der Waals surface area (Å²) in [6, 6.07) is 0. The van der Waals surface area contributed by atoms with Crippen LogP contribution in [0.15, 0.2) is 0 Å². The summed E-state index contributed by atoms with van der Waals surface area (Å²) in [7, 11) is 0. The lowest BCUT2D eigenvalue weighted by Gasteiger charge is -2.18. The first kappa shape index (κ1) is 9.52. The van der Waals surface area contributed by atoms with Gasteiger partial charge in [-0.15, -0.1) is 0 Å². The van der Waals surface area contributed by atoms with Gasteiger partial charge in [0.2, 0.25) is 5.91 Å². The molecule has 1 amide bonds. The monoisotopic (exact) mass is 171 g/mol. The lowest BCUT2D eigenvalue weighted by Crippen LogP contribution is -2.32. The van der Waals surface area contributed by atoms with E-state index in [9.17, 15) is 4.79 Å². The highest BCUT2D eigenvalue weighted by molar-refractivity contribution is 5.81. The van der Waals surface area contributed by atoms with Crippen molar-refractivity contribution in [3.8, 4) is 0 Å². The van der Waals surface area contributed by atoms with E-state index >= 15 is 0 Å². The fourth-order valence-electron chi connectivity index (χ4n) is 1.52. The van der Waals surface area contributed by atoms with Crippen LogP contribution in [0.4, 0.5) is 0 Å². The second-order valence-electron chi connectivity index (χ2n) is 3.30. The van der Waals surface area contributed by atoms with Gasteiger partial charge in [0, 0.05) is 25.6 Å². The summed E-state index contributed by atoms with van der Waals surface area (Å²) in [5, 5.41) is 8.78. The molecule has 12 heavy (non-hydrogen) atoms. The number of carbonyl (C=O) groups excluding carboxylic acids is 1. The Morgan fingerprint density at radius 2 is 2.08 bits per heavy atom. The molecule has 0 aromatic heterocycles. The van der Waals surface area contributed by atoms with Crippen LogP contribution in [0.3, 0.4) is 0 Å². The molecule has 3 nitrogen and oxygen atoms in total. The summed E-state index contributed by atoms with van der Waals surface area (Å²) in [4.78, 5) is 13.4. The molecule has 0 heterocycles. The first-order valence-corrected chi connectivity index (χ1v) is 4.64. The van der Waals surface area contributed by atoms with Gasteiger partial charge in [-0.1, -0.05) is 0 Å². The van der Waals surface area contributed by atoms with Crippen LogP contribution in [0.2, 0.25) is 0 Å². The number of aliphatic hydroxyl groups excluding tert-OH is 1. The summed E-state index contributed by atoms with van der Waals surface area (Å²) in [6.45, 7) is 5.70. The van der Waals surface area contributed by atoms with E-state index in [4.69, 9.17) is 5.11 Å². The molecule has 1 rings (SSSR count). The number of hydrogen-bond acceptors (Lipinski definition) is 2. The highest BCUT2D eigenvalue weighted by atomic mass is 16.3. The van der Waals surface area contributed by atoms with Gasteiger partial charge < -0.3 is 10.0 Å². The third kappa shape index (κ3) is 1.78. The second-order valence-corrected chi connectivity index (χ2v) is 3.30. The minimum absolute atomic E-state index is 0.120. The van der Waals surface area contributed by atoms with Crippen molar-refractivity contribution in [3.05, 3.63) is 0 Å². The molecule has 2 atom stereocenters. The van der Waals surface area contributed by atoms with Crippen molar-refractivity contribution in [2.45, 2.75) is 20.3 Å². The molecular weight excluding hydrogens is 154 g/mol. The number of aliphatic hydroxyl groups is 1. The molecule has 3 heteroatoms. The molecule has 2 unspecified atom stereocenters. The molecule has 0 aliphatic heterocycles. The van der Waals surface area contributed by atoms with Crippen molar-refractivity contribution in [2.75, 3.05) is 19.7 Å². The third-order valence-electron chi connectivity index (χ3n) is 2.55. The van der Waals surface area contributed by atoms with E-state index in [0.717, 1.165) is 19.5 Å². The molecule has 1 fully saturated rings. The van der Waals surface area contributed by atoms with Gasteiger partial charge in [0.05, 0.1) is 0 Å². The molecule has 0 radical (unpaired) electrons. The molecule has 1 N–H and O–H groups in total. The fourth-order valence-corrected chi connectivity index (χ4v) is 1.52. The van der Waals surface area contributed by atoms with Crippen molar-refractivity contribution in [1.82, 2.24) is 4.90 Å². The number of rotatable bonds is 4. The van der Waals surface area contributed by atoms with Crippen molar-refractivity contribution < 1.29 is 9.90 Å². The van der Waals surface area contributed by atoms with E-state index < -0.39 is 0 Å². The molecule has 0 aromatic rings. The van der Waals surface area contributed by atoms with E-state index in [1.807, 2.05) is 18.7 Å². The minimum Gasteiger partial charge on any atom is -0.396 e. The van der Waals surface area contributed by atoms with E-state index in [1.165, 1.54) is 0 Å². The Morgan fingerprint density at radius 3 is 2.42 bits per heavy atom. The topological polar surface area (TPSA) is 40.5 Å². The number of amides is 1. The molecule has 0 spiro atoms. The smallest absolute Gasteiger partial charge is 0.226 e. The molecule has 0 bridgehead atoms. The van der Waals surface area contributed by atoms with Crippen LogP contribution in [0.5, 0.6) is 0 Å². The Hall–Kier alpha value is -0.570. The maximum atomic E-state index is 11.6. The maximum Gasteiger partial charge on any atom is 0.226 e. The predicted octanol–water partition coefficient (Wildman–Crippen LogP) is 0.483. The standard InChI is InChI=1S/C9H17NO2/c1-3-10(4-2)9(12)8-5-7(8)6-11/h7-8,11H,3-6H2,1-2H3. The van der Waals surface area contributed by atoms with E-state index in [0.29, 0.717) is 0 Å². The van der Waals surface area contributed by atoms with Crippen molar-refractivity contribution in [1.29, 1.82) is 0 Å². The van der Waals surface area contributed by atoms with Crippen LogP contribution in [-0.4, -0.2) is 35.6 Å². The zero-order valence-corrected chi connectivity index (χ0v) is 7.79. The summed E-state index contributed by atoms with van der Waals surface area (Å²) < 4.78 is 0. The molecule has 0 aromatic carbocycles. The highest BCUT2D eigenvalue weighted by Gasteiger charge is 2.43. The first-order valence-electron chi connectivity index (χ1n) is 4.64. The van der Waals surface area contributed by atoms with Crippen LogP contribution >= 0.6 is 0 Å². The summed E-state index contributed by atoms with van der Waals surface area (Å²) >= 11 is 0. The van der Waals surface area contributed by atoms with E-state index in [2.05, 4.69) is 0 Å². The zero-order chi connectivity index (χ0) is 9.14. The highest BCUT2D eigenvalue weighted by Crippen LogP contribution is 2.39. The van der Waals surface area contributed by atoms with E-state index in [-0.39, 0.29) is 24.3 Å². The summed E-state index contributed by atoms with van der Waals surface area (Å²) in [5.41, 5.74) is 0. The van der Waals surface area contributed by atoms with Gasteiger partial charge in [0.15, 0.2) is 0 Å². The summed E-state index contributed by atoms with van der Waals surface area (Å²) in [5.74, 6) is 0.590. The van der Waals surface area contributed by atoms with Gasteiger partial charge in [-0.05, 0) is 26.2 Å². The Balaban J connectivity index is 2.38. The largest absolute Gasteiger partial charge is 0.396 e. The van der Waals surface area contributed by atoms with Crippen molar-refractivity contribution in [3.63, 3.8) is 0 Å². The molecular formula is C9H17NO2. The van der Waals surface area contributed by atoms with Crippen LogP contribution in [0.1, 0.15) is 20.3 Å². The lowest BCUT2D eigenvalue weighted by molar-refractivity contribution is -0.132. The Morgan fingerprint density at radius 1 is 1.50 bits per heavy atom. The Labute approximate surface area is 73.4 Å². The second kappa shape index (κ2) is 3.90. The summed E-state index contributed by atoms with van der Waals surface area (Å²) in [6.07, 6.45) is 0.881. The van der Waals surface area contributed by atoms with Gasteiger partial charge >= 0.3 is 0 Å². The molecule has 1 saturated carbocycles. The van der Waals surface area contributed by atoms with Gasteiger partial charge in [0.25, 0.3) is 0 Å². The molecule has 1 aliphatic carbocycles. The van der Waals surface area contributed by atoms with E-state index in [1.54, 1.807) is 0 Å². The van der Waals surface area contributed by atoms with Crippen LogP contribution in [0.25, 0.3) is 0 Å². The molecule has 70 valence electrons. The average molecular weight is 171 g/mol. The van der Waals surface area contributed by atoms with Crippen LogP contribution in [0, 0.1) is 11.8 Å². The average Bonchev–Trinajstić information content (AvgIpc) is 2.85. The number of nitrogens with zero attached hydrogens (tertiary/aromatic N) is 1. The lowest BCUT2D eigenvalue weighted by atomic mass is 10.3. The molecule has 0 saturated heterocycles. The number of carbonyl (C=O) groups is 1.